The van der Waals surface area contributed by atoms with Crippen LogP contribution < -0.4 is 10.2 Å². The van der Waals surface area contributed by atoms with Gasteiger partial charge in [-0.25, -0.2) is 5.43 Å². The molecule has 4 heteroatoms. The van der Waals surface area contributed by atoms with Gasteiger partial charge in [-0.15, -0.1) is 0 Å². The average molecular weight is 276 g/mol. The van der Waals surface area contributed by atoms with Crippen LogP contribution in [0.25, 0.3) is 0 Å². The summed E-state index contributed by atoms with van der Waals surface area (Å²) in [4.78, 5) is 11.7. The molecule has 0 bridgehead atoms. The van der Waals surface area contributed by atoms with Crippen LogP contribution in [0.4, 0.5) is 0 Å². The largest absolute Gasteiger partial charge is 0.483 e. The maximum atomic E-state index is 11.7. The van der Waals surface area contributed by atoms with E-state index in [1.165, 1.54) is 0 Å². The number of benzene rings is 1. The lowest BCUT2D eigenvalue weighted by Crippen LogP contribution is -2.26. The van der Waals surface area contributed by atoms with Crippen LogP contribution >= 0.6 is 0 Å². The summed E-state index contributed by atoms with van der Waals surface area (Å²) in [5, 5.41) is 4.07. The minimum absolute atomic E-state index is 0.0199. The van der Waals surface area contributed by atoms with Crippen molar-refractivity contribution in [1.29, 1.82) is 0 Å². The van der Waals surface area contributed by atoms with Gasteiger partial charge in [0.2, 0.25) is 0 Å². The summed E-state index contributed by atoms with van der Waals surface area (Å²) in [6, 6.07) is 7.78. The summed E-state index contributed by atoms with van der Waals surface area (Å²) in [6.07, 6.45) is 1.68. The third-order valence-electron chi connectivity index (χ3n) is 3.05. The number of amides is 1. The molecule has 0 aliphatic rings. The standard InChI is InChI=1S/C16H24N2O2/c1-5-13(6-2)17-18-16(19)11-20-15-10-8-7-9-14(15)12(3)4/h7-10,12H,5-6,11H2,1-4H3,(H,18,19). The third kappa shape index (κ3) is 5.03. The van der Waals surface area contributed by atoms with Crippen molar-refractivity contribution in [2.24, 2.45) is 5.10 Å². The number of nitrogens with one attached hydrogen (secondary N) is 1. The first-order chi connectivity index (χ1) is 9.58. The molecule has 0 radical (unpaired) electrons. The number of para-hydroxylation sites is 1. The number of carbonyl (C=O) groups excluding carboxylic acids is 1. The zero-order valence-electron chi connectivity index (χ0n) is 12.8. The van der Waals surface area contributed by atoms with Crippen molar-refractivity contribution in [3.63, 3.8) is 0 Å². The van der Waals surface area contributed by atoms with Gasteiger partial charge < -0.3 is 4.74 Å². The number of rotatable bonds is 7. The second kappa shape index (κ2) is 8.35. The lowest BCUT2D eigenvalue weighted by atomic mass is 10.0. The Morgan fingerprint density at radius 3 is 2.50 bits per heavy atom. The Labute approximate surface area is 121 Å². The van der Waals surface area contributed by atoms with E-state index in [9.17, 15) is 4.79 Å². The minimum atomic E-state index is -0.233. The van der Waals surface area contributed by atoms with Crippen molar-refractivity contribution in [3.05, 3.63) is 29.8 Å². The van der Waals surface area contributed by atoms with Gasteiger partial charge >= 0.3 is 0 Å². The molecule has 1 aromatic rings. The van der Waals surface area contributed by atoms with Gasteiger partial charge in [0.05, 0.1) is 0 Å². The first-order valence-corrected chi connectivity index (χ1v) is 7.14. The van der Waals surface area contributed by atoms with Crippen molar-refractivity contribution in [2.75, 3.05) is 6.61 Å². The molecule has 1 rings (SSSR count). The van der Waals surface area contributed by atoms with Crippen molar-refractivity contribution in [3.8, 4) is 5.75 Å². The molecule has 1 amide bonds. The highest BCUT2D eigenvalue weighted by atomic mass is 16.5. The fourth-order valence-electron chi connectivity index (χ4n) is 1.81. The first-order valence-electron chi connectivity index (χ1n) is 7.14. The molecule has 0 aliphatic carbocycles. The maximum absolute atomic E-state index is 11.7. The van der Waals surface area contributed by atoms with E-state index in [2.05, 4.69) is 24.4 Å². The normalized spacial score (nSPS) is 10.2. The Kier molecular flexibility index (Phi) is 6.77. The Balaban J connectivity index is 2.55. The summed E-state index contributed by atoms with van der Waals surface area (Å²) in [5.74, 6) is 0.884. The molecule has 0 atom stereocenters. The summed E-state index contributed by atoms with van der Waals surface area (Å²) in [6.45, 7) is 8.21. The molecular formula is C16H24N2O2. The molecule has 110 valence electrons. The van der Waals surface area contributed by atoms with E-state index >= 15 is 0 Å². The highest BCUT2D eigenvalue weighted by Crippen LogP contribution is 2.25. The summed E-state index contributed by atoms with van der Waals surface area (Å²) in [7, 11) is 0. The van der Waals surface area contributed by atoms with Gasteiger partial charge in [-0.1, -0.05) is 45.9 Å². The number of ether oxygens (including phenoxy) is 1. The topological polar surface area (TPSA) is 50.7 Å². The number of hydrogen-bond donors (Lipinski definition) is 1. The SMILES string of the molecule is CCC(CC)=NNC(=O)COc1ccccc1C(C)C. The fourth-order valence-corrected chi connectivity index (χ4v) is 1.81. The number of carbonyl (C=O) groups is 1. The molecule has 0 spiro atoms. The average Bonchev–Trinajstić information content (AvgIpc) is 2.46. The minimum Gasteiger partial charge on any atom is -0.483 e. The zero-order valence-corrected chi connectivity index (χ0v) is 12.8. The Hall–Kier alpha value is -1.84. The number of hydrazone groups is 1. The maximum Gasteiger partial charge on any atom is 0.277 e. The highest BCUT2D eigenvalue weighted by molar-refractivity contribution is 5.86. The summed E-state index contributed by atoms with van der Waals surface area (Å²) >= 11 is 0. The van der Waals surface area contributed by atoms with E-state index in [0.29, 0.717) is 5.92 Å². The van der Waals surface area contributed by atoms with Gasteiger partial charge in [0, 0.05) is 5.71 Å². The fraction of sp³-hybridized carbons (Fsp3) is 0.500. The van der Waals surface area contributed by atoms with E-state index in [1.54, 1.807) is 0 Å². The summed E-state index contributed by atoms with van der Waals surface area (Å²) < 4.78 is 5.58. The predicted octanol–water partition coefficient (Wildman–Crippen LogP) is 3.48. The Morgan fingerprint density at radius 1 is 1.25 bits per heavy atom. The molecule has 0 saturated carbocycles. The van der Waals surface area contributed by atoms with Crippen LogP contribution in [0.3, 0.4) is 0 Å². The van der Waals surface area contributed by atoms with Crippen molar-refractivity contribution in [1.82, 2.24) is 5.43 Å². The molecule has 0 saturated heterocycles. The van der Waals surface area contributed by atoms with Gasteiger partial charge in [0.15, 0.2) is 6.61 Å². The second-order valence-corrected chi connectivity index (χ2v) is 4.90. The molecular weight excluding hydrogens is 252 g/mol. The third-order valence-corrected chi connectivity index (χ3v) is 3.05. The van der Waals surface area contributed by atoms with Gasteiger partial charge in [0.25, 0.3) is 5.91 Å². The van der Waals surface area contributed by atoms with Crippen LogP contribution in [-0.4, -0.2) is 18.2 Å². The van der Waals surface area contributed by atoms with Crippen molar-refractivity contribution >= 4 is 11.6 Å². The van der Waals surface area contributed by atoms with Crippen LogP contribution in [0, 0.1) is 0 Å². The smallest absolute Gasteiger partial charge is 0.277 e. The van der Waals surface area contributed by atoms with E-state index in [1.807, 2.05) is 38.1 Å². The van der Waals surface area contributed by atoms with E-state index in [4.69, 9.17) is 4.74 Å². The molecule has 0 heterocycles. The molecule has 0 aliphatic heterocycles. The molecule has 4 nitrogen and oxygen atoms in total. The van der Waals surface area contributed by atoms with Crippen LogP contribution in [0.1, 0.15) is 52.0 Å². The zero-order chi connectivity index (χ0) is 15.0. The number of nitrogens with zero attached hydrogens (tertiary/aromatic N) is 1. The van der Waals surface area contributed by atoms with Crippen molar-refractivity contribution < 1.29 is 9.53 Å². The van der Waals surface area contributed by atoms with Crippen LogP contribution in [0.2, 0.25) is 0 Å². The first kappa shape index (κ1) is 16.2. The van der Waals surface area contributed by atoms with E-state index in [-0.39, 0.29) is 12.5 Å². The Morgan fingerprint density at radius 2 is 1.90 bits per heavy atom. The van der Waals surface area contributed by atoms with Crippen LogP contribution in [0.5, 0.6) is 5.75 Å². The summed E-state index contributed by atoms with van der Waals surface area (Å²) in [5.41, 5.74) is 4.60. The quantitative estimate of drug-likeness (QED) is 0.612. The number of hydrogen-bond acceptors (Lipinski definition) is 3. The monoisotopic (exact) mass is 276 g/mol. The second-order valence-electron chi connectivity index (χ2n) is 4.90. The molecule has 1 aromatic carbocycles. The lowest BCUT2D eigenvalue weighted by molar-refractivity contribution is -0.123. The molecule has 0 unspecified atom stereocenters. The molecule has 0 aromatic heterocycles. The lowest BCUT2D eigenvalue weighted by Gasteiger charge is -2.13. The van der Waals surface area contributed by atoms with E-state index < -0.39 is 0 Å². The van der Waals surface area contributed by atoms with E-state index in [0.717, 1.165) is 29.9 Å². The molecule has 20 heavy (non-hydrogen) atoms. The van der Waals surface area contributed by atoms with Gasteiger partial charge in [0.1, 0.15) is 5.75 Å². The molecule has 1 N–H and O–H groups in total. The van der Waals surface area contributed by atoms with Crippen molar-refractivity contribution in [2.45, 2.75) is 46.5 Å². The van der Waals surface area contributed by atoms with Crippen LogP contribution in [-0.2, 0) is 4.79 Å². The highest BCUT2D eigenvalue weighted by Gasteiger charge is 2.08. The van der Waals surface area contributed by atoms with Gasteiger partial charge in [-0.2, -0.15) is 5.10 Å². The predicted molar refractivity (Wildman–Crippen MR) is 82.2 cm³/mol. The van der Waals surface area contributed by atoms with Gasteiger partial charge in [-0.05, 0) is 30.4 Å². The molecule has 0 fully saturated rings. The Bertz CT molecular complexity index is 461. The van der Waals surface area contributed by atoms with Gasteiger partial charge in [-0.3, -0.25) is 4.79 Å². The van der Waals surface area contributed by atoms with Crippen LogP contribution in [0.15, 0.2) is 29.4 Å².